The first kappa shape index (κ1) is 24.2. The number of sulfonamides is 1. The Morgan fingerprint density at radius 1 is 1.00 bits per heavy atom. The standard InChI is InChI=1S/C25H32N4O4S/c1-18(2)24(25(31)29-15-13-28(14-16-29)20-8-4-3-5-9-20)27-34(32,33)21-11-12-22-19(17-21)7-6-10-23(30)26-22/h3-5,8-9,11-12,17-18,24,27H,6-7,10,13-16H2,1-2H3,(H,26,30)/t24-/m0/s1. The molecule has 2 aromatic carbocycles. The number of piperazine rings is 1. The maximum Gasteiger partial charge on any atom is 0.241 e. The Hall–Kier alpha value is -2.91. The van der Waals surface area contributed by atoms with Crippen molar-refractivity contribution in [2.75, 3.05) is 36.4 Å². The third kappa shape index (κ3) is 5.42. The average molecular weight is 485 g/mol. The van der Waals surface area contributed by atoms with Gasteiger partial charge in [0.1, 0.15) is 6.04 Å². The summed E-state index contributed by atoms with van der Waals surface area (Å²) >= 11 is 0. The van der Waals surface area contributed by atoms with E-state index in [-0.39, 0.29) is 22.6 Å². The zero-order chi connectivity index (χ0) is 24.3. The van der Waals surface area contributed by atoms with Gasteiger partial charge >= 0.3 is 0 Å². The number of carbonyl (C=O) groups is 2. The van der Waals surface area contributed by atoms with Crippen LogP contribution in [0, 0.1) is 5.92 Å². The highest BCUT2D eigenvalue weighted by atomic mass is 32.2. The molecule has 34 heavy (non-hydrogen) atoms. The zero-order valence-electron chi connectivity index (χ0n) is 19.7. The van der Waals surface area contributed by atoms with Crippen molar-refractivity contribution in [2.45, 2.75) is 44.0 Å². The van der Waals surface area contributed by atoms with Crippen LogP contribution < -0.4 is 14.9 Å². The largest absolute Gasteiger partial charge is 0.368 e. The molecule has 1 atom stereocenters. The first-order valence-electron chi connectivity index (χ1n) is 11.8. The molecule has 182 valence electrons. The second-order valence-corrected chi connectivity index (χ2v) is 10.9. The zero-order valence-corrected chi connectivity index (χ0v) is 20.5. The summed E-state index contributed by atoms with van der Waals surface area (Å²) in [7, 11) is -3.92. The van der Waals surface area contributed by atoms with Crippen LogP contribution in [0.2, 0.25) is 0 Å². The number of amides is 2. The Morgan fingerprint density at radius 3 is 2.38 bits per heavy atom. The Kier molecular flexibility index (Phi) is 7.23. The van der Waals surface area contributed by atoms with E-state index in [0.717, 1.165) is 11.3 Å². The van der Waals surface area contributed by atoms with Gasteiger partial charge in [-0.05, 0) is 54.7 Å². The highest BCUT2D eigenvalue weighted by Gasteiger charge is 2.33. The Labute approximate surface area is 201 Å². The Morgan fingerprint density at radius 2 is 1.71 bits per heavy atom. The van der Waals surface area contributed by atoms with E-state index in [1.807, 2.05) is 32.0 Å². The van der Waals surface area contributed by atoms with Crippen molar-refractivity contribution in [3.63, 3.8) is 0 Å². The molecule has 8 nitrogen and oxygen atoms in total. The number of para-hydroxylation sites is 1. The third-order valence-corrected chi connectivity index (χ3v) is 7.88. The van der Waals surface area contributed by atoms with Gasteiger partial charge in [0, 0.05) is 44.0 Å². The molecule has 0 aromatic heterocycles. The van der Waals surface area contributed by atoms with Gasteiger partial charge in [-0.15, -0.1) is 0 Å². The SMILES string of the molecule is CC(C)[C@H](NS(=O)(=O)c1ccc2c(c1)CCCC(=O)N2)C(=O)N1CCN(c2ccccc2)CC1. The summed E-state index contributed by atoms with van der Waals surface area (Å²) in [6, 6.07) is 13.9. The molecule has 2 aromatic rings. The highest BCUT2D eigenvalue weighted by Crippen LogP contribution is 2.26. The fourth-order valence-corrected chi connectivity index (χ4v) is 5.83. The first-order chi connectivity index (χ1) is 16.2. The quantitative estimate of drug-likeness (QED) is 0.657. The number of nitrogens with one attached hydrogen (secondary N) is 2. The maximum atomic E-state index is 13.3. The Bertz CT molecular complexity index is 1140. The number of benzene rings is 2. The smallest absolute Gasteiger partial charge is 0.241 e. The van der Waals surface area contributed by atoms with Gasteiger partial charge in [-0.25, -0.2) is 8.42 Å². The van der Waals surface area contributed by atoms with Crippen molar-refractivity contribution >= 4 is 33.2 Å². The number of nitrogens with zero attached hydrogens (tertiary/aromatic N) is 2. The summed E-state index contributed by atoms with van der Waals surface area (Å²) < 4.78 is 29.1. The van der Waals surface area contributed by atoms with Gasteiger partial charge in [-0.1, -0.05) is 32.0 Å². The molecule has 0 saturated carbocycles. The van der Waals surface area contributed by atoms with Crippen LogP contribution in [0.5, 0.6) is 0 Å². The average Bonchev–Trinajstić information content (AvgIpc) is 3.02. The molecule has 1 fully saturated rings. The molecule has 0 radical (unpaired) electrons. The Balaban J connectivity index is 1.46. The van der Waals surface area contributed by atoms with Crippen molar-refractivity contribution < 1.29 is 18.0 Å². The van der Waals surface area contributed by atoms with Crippen LogP contribution in [0.4, 0.5) is 11.4 Å². The molecular formula is C25H32N4O4S. The van der Waals surface area contributed by atoms with Crippen LogP contribution in [0.1, 0.15) is 32.3 Å². The van der Waals surface area contributed by atoms with Gasteiger partial charge in [-0.3, -0.25) is 9.59 Å². The van der Waals surface area contributed by atoms with E-state index >= 15 is 0 Å². The van der Waals surface area contributed by atoms with Crippen LogP contribution in [-0.2, 0) is 26.0 Å². The predicted octanol–water partition coefficient (Wildman–Crippen LogP) is 2.61. The van der Waals surface area contributed by atoms with Gasteiger partial charge < -0.3 is 15.1 Å². The highest BCUT2D eigenvalue weighted by molar-refractivity contribution is 7.89. The molecule has 2 N–H and O–H groups in total. The molecule has 9 heteroatoms. The molecule has 2 aliphatic rings. The van der Waals surface area contributed by atoms with E-state index in [4.69, 9.17) is 0 Å². The van der Waals surface area contributed by atoms with E-state index in [9.17, 15) is 18.0 Å². The third-order valence-electron chi connectivity index (χ3n) is 6.44. The summed E-state index contributed by atoms with van der Waals surface area (Å²) in [6.45, 7) is 6.16. The number of carbonyl (C=O) groups excluding carboxylic acids is 2. The van der Waals surface area contributed by atoms with Crippen LogP contribution in [-0.4, -0.2) is 57.4 Å². The topological polar surface area (TPSA) is 98.8 Å². The van der Waals surface area contributed by atoms with E-state index in [1.165, 1.54) is 6.07 Å². The first-order valence-corrected chi connectivity index (χ1v) is 13.3. The van der Waals surface area contributed by atoms with Crippen LogP contribution in [0.3, 0.4) is 0 Å². The van der Waals surface area contributed by atoms with Crippen LogP contribution in [0.15, 0.2) is 53.4 Å². The lowest BCUT2D eigenvalue weighted by atomic mass is 10.0. The monoisotopic (exact) mass is 484 g/mol. The van der Waals surface area contributed by atoms with Crippen molar-refractivity contribution in [3.8, 4) is 0 Å². The van der Waals surface area contributed by atoms with Crippen LogP contribution >= 0.6 is 0 Å². The second-order valence-electron chi connectivity index (χ2n) is 9.21. The van der Waals surface area contributed by atoms with Crippen molar-refractivity contribution in [1.82, 2.24) is 9.62 Å². The number of hydrogen-bond donors (Lipinski definition) is 2. The van der Waals surface area contributed by atoms with Crippen LogP contribution in [0.25, 0.3) is 0 Å². The lowest BCUT2D eigenvalue weighted by molar-refractivity contribution is -0.134. The number of rotatable bonds is 6. The van der Waals surface area contributed by atoms with Crippen molar-refractivity contribution in [2.24, 2.45) is 5.92 Å². The summed E-state index contributed by atoms with van der Waals surface area (Å²) in [5.41, 5.74) is 2.56. The van der Waals surface area contributed by atoms with Gasteiger partial charge in [-0.2, -0.15) is 4.72 Å². The molecule has 0 bridgehead atoms. The summed E-state index contributed by atoms with van der Waals surface area (Å²) in [6.07, 6.45) is 1.70. The van der Waals surface area contributed by atoms with Gasteiger partial charge in [0.05, 0.1) is 4.90 Å². The molecule has 1 saturated heterocycles. The summed E-state index contributed by atoms with van der Waals surface area (Å²) in [5, 5.41) is 2.82. The lowest BCUT2D eigenvalue weighted by Gasteiger charge is -2.38. The van der Waals surface area contributed by atoms with E-state index < -0.39 is 16.1 Å². The molecular weight excluding hydrogens is 452 g/mol. The van der Waals surface area contributed by atoms with E-state index in [1.54, 1.807) is 17.0 Å². The fraction of sp³-hybridized carbons (Fsp3) is 0.440. The molecule has 2 heterocycles. The second kappa shape index (κ2) is 10.1. The van der Waals surface area contributed by atoms with E-state index in [2.05, 4.69) is 27.1 Å². The number of anilines is 2. The minimum absolute atomic E-state index is 0.0645. The van der Waals surface area contributed by atoms with Crippen molar-refractivity contribution in [1.29, 1.82) is 0 Å². The minimum atomic E-state index is -3.92. The van der Waals surface area contributed by atoms with Crippen molar-refractivity contribution in [3.05, 3.63) is 54.1 Å². The van der Waals surface area contributed by atoms with Gasteiger partial charge in [0.15, 0.2) is 0 Å². The predicted molar refractivity (Wildman–Crippen MR) is 132 cm³/mol. The molecule has 2 aliphatic heterocycles. The van der Waals surface area contributed by atoms with E-state index in [0.29, 0.717) is 51.1 Å². The maximum absolute atomic E-state index is 13.3. The van der Waals surface area contributed by atoms with Gasteiger partial charge in [0.2, 0.25) is 21.8 Å². The molecule has 4 rings (SSSR count). The minimum Gasteiger partial charge on any atom is -0.368 e. The number of aryl methyl sites for hydroxylation is 1. The molecule has 2 amide bonds. The fourth-order valence-electron chi connectivity index (χ4n) is 4.45. The summed E-state index contributed by atoms with van der Waals surface area (Å²) in [5.74, 6) is -0.479. The number of hydrogen-bond acceptors (Lipinski definition) is 5. The lowest BCUT2D eigenvalue weighted by Crippen LogP contribution is -2.56. The normalized spacial score (nSPS) is 17.7. The molecule has 0 aliphatic carbocycles. The summed E-state index contributed by atoms with van der Waals surface area (Å²) in [4.78, 5) is 29.2. The van der Waals surface area contributed by atoms with Gasteiger partial charge in [0.25, 0.3) is 0 Å². The molecule has 0 spiro atoms. The number of fused-ring (bicyclic) bond motifs is 1. The molecule has 0 unspecified atom stereocenters.